The van der Waals surface area contributed by atoms with Gasteiger partial charge in [-0.1, -0.05) is 125 Å². The van der Waals surface area contributed by atoms with Gasteiger partial charge in [-0.05, 0) is 134 Å². The summed E-state index contributed by atoms with van der Waals surface area (Å²) >= 11 is 0. The van der Waals surface area contributed by atoms with Gasteiger partial charge >= 0.3 is 0 Å². The molecule has 0 amide bonds. The second kappa shape index (κ2) is 13.0. The first-order valence-electron chi connectivity index (χ1n) is 24.2. The van der Waals surface area contributed by atoms with Crippen molar-refractivity contribution in [1.82, 2.24) is 18.9 Å². The fourth-order valence-electron chi connectivity index (χ4n) is 10.1. The lowest BCUT2D eigenvalue weighted by molar-refractivity contribution is 0.487. The average molecular weight is 825 g/mol. The molecule has 0 spiro atoms. The van der Waals surface area contributed by atoms with Crippen LogP contribution in [0.15, 0.2) is 152 Å². The van der Waals surface area contributed by atoms with Crippen molar-refractivity contribution in [2.75, 3.05) is 0 Å². The fraction of sp³-hybridized carbons (Fsp3) is 0.143. The molecule has 1 aliphatic heterocycles. The molecule has 0 saturated carbocycles. The van der Waals surface area contributed by atoms with Gasteiger partial charge in [0.05, 0.1) is 33.4 Å². The van der Waals surface area contributed by atoms with Gasteiger partial charge in [0.15, 0.2) is 0 Å². The Hall–Kier alpha value is -7.02. The third kappa shape index (κ3) is 5.13. The normalized spacial score (nSPS) is 15.5. The Kier molecular flexibility index (Phi) is 6.48. The van der Waals surface area contributed by atoms with Crippen LogP contribution in [0.1, 0.15) is 45.7 Å². The molecule has 4 heterocycles. The molecule has 12 rings (SSSR count). The van der Waals surface area contributed by atoms with Crippen LogP contribution in [0.5, 0.6) is 11.5 Å². The van der Waals surface area contributed by atoms with Crippen LogP contribution >= 0.6 is 0 Å². The molecule has 5 nitrogen and oxygen atoms in total. The third-order valence-corrected chi connectivity index (χ3v) is 15.4. The summed E-state index contributed by atoms with van der Waals surface area (Å²) in [6.45, 7) is 4.64. The quantitative estimate of drug-likeness (QED) is 0.163. The lowest BCUT2D eigenvalue weighted by Crippen LogP contribution is -2.56. The van der Waals surface area contributed by atoms with Crippen LogP contribution in [0.4, 0.5) is 0 Å². The zero-order valence-electron chi connectivity index (χ0n) is 41.1. The molecule has 2 aliphatic rings. The molecule has 0 atom stereocenters. The highest BCUT2D eigenvalue weighted by Crippen LogP contribution is 2.52. The summed E-state index contributed by atoms with van der Waals surface area (Å²) in [5.74, 6) is 1.15. The van der Waals surface area contributed by atoms with Crippen LogP contribution in [-0.4, -0.2) is 27.0 Å². The molecule has 0 bridgehead atoms. The largest absolute Gasteiger partial charge is 0.457 e. The number of rotatable bonds is 2. The number of para-hydroxylation sites is 4. The zero-order chi connectivity index (χ0) is 47.2. The maximum absolute atomic E-state index is 9.53. The Morgan fingerprint density at radius 1 is 0.597 bits per heavy atom. The van der Waals surface area contributed by atoms with Crippen LogP contribution < -0.4 is 15.1 Å². The summed E-state index contributed by atoms with van der Waals surface area (Å²) in [5, 5.41) is 0.434. The minimum atomic E-state index is -4.87. The van der Waals surface area contributed by atoms with Crippen LogP contribution in [0.3, 0.4) is 0 Å². The molecule has 1 aliphatic carbocycles. The number of nitrogens with zero attached hydrogens (tertiary/aromatic N) is 4. The van der Waals surface area contributed by atoms with Crippen LogP contribution in [0, 0.1) is 13.8 Å². The Labute approximate surface area is 371 Å². The highest BCUT2D eigenvalue weighted by atomic mass is 28.3. The van der Waals surface area contributed by atoms with E-state index < -0.39 is 26.4 Å². The van der Waals surface area contributed by atoms with Crippen molar-refractivity contribution in [3.63, 3.8) is 0 Å². The van der Waals surface area contributed by atoms with Crippen molar-refractivity contribution in [3.8, 4) is 73.0 Å². The van der Waals surface area contributed by atoms with Crippen molar-refractivity contribution < 1.29 is 13.0 Å². The van der Waals surface area contributed by atoms with Crippen LogP contribution in [-0.2, 0) is 5.41 Å². The number of hydrogen-bond acceptors (Lipinski definition) is 3. The lowest BCUT2D eigenvalue weighted by atomic mass is 9.75. The molecule has 0 fully saturated rings. The van der Waals surface area contributed by atoms with Crippen molar-refractivity contribution in [3.05, 3.63) is 168 Å². The van der Waals surface area contributed by atoms with Gasteiger partial charge in [0.1, 0.15) is 19.6 Å². The minimum Gasteiger partial charge on any atom is -0.457 e. The fourth-order valence-corrected chi connectivity index (χ4v) is 12.1. The van der Waals surface area contributed by atoms with Gasteiger partial charge in [-0.25, -0.2) is 4.98 Å². The van der Waals surface area contributed by atoms with E-state index in [0.717, 1.165) is 89.0 Å². The number of hydrogen-bond donors (Lipinski definition) is 0. The van der Waals surface area contributed by atoms with Gasteiger partial charge in [-0.15, -0.1) is 0 Å². The zero-order valence-corrected chi connectivity index (χ0v) is 36.1. The molecule has 10 aromatic rings. The number of pyridine rings is 1. The standard InChI is InChI=1S/C56H46N4OSi/c1-33-26-27-50-49(29-33)61-54-51(62(50,6)7)32-48(60-47-25-15-14-24-46(47)59-45-23-13-12-22-44(45)58-55(59)60)34(2)52(54)42-30-40-37-19-10-11-20-38(37)53-39(21-16-28-57-53)35-17-8-9-18-36(35)41(40)31-43(42)56(3,4)5/h8-32H,1-7H3/i6D3,7D3. The minimum absolute atomic E-state index is 0.201. The molecule has 0 unspecified atom stereocenters. The topological polar surface area (TPSA) is 44.4 Å². The van der Waals surface area contributed by atoms with E-state index in [0.29, 0.717) is 17.0 Å². The first-order chi connectivity index (χ1) is 32.5. The first kappa shape index (κ1) is 30.9. The summed E-state index contributed by atoms with van der Waals surface area (Å²) in [4.78, 5) is 10.2. The summed E-state index contributed by atoms with van der Waals surface area (Å²) in [6.07, 6.45) is 1.84. The molecule has 6 heteroatoms. The van der Waals surface area contributed by atoms with E-state index in [-0.39, 0.29) is 21.9 Å². The Morgan fingerprint density at radius 2 is 1.24 bits per heavy atom. The molecule has 300 valence electrons. The van der Waals surface area contributed by atoms with Crippen molar-refractivity contribution in [2.45, 2.75) is 53.0 Å². The molecule has 7 aromatic carbocycles. The predicted molar refractivity (Wildman–Crippen MR) is 260 cm³/mol. The molecule has 0 radical (unpaired) electrons. The van der Waals surface area contributed by atoms with Crippen molar-refractivity contribution >= 4 is 46.3 Å². The van der Waals surface area contributed by atoms with Gasteiger partial charge in [-0.3, -0.25) is 14.0 Å². The summed E-state index contributed by atoms with van der Waals surface area (Å²) in [7, 11) is -4.87. The van der Waals surface area contributed by atoms with E-state index in [9.17, 15) is 8.22 Å². The maximum Gasteiger partial charge on any atom is 0.220 e. The summed E-state index contributed by atoms with van der Waals surface area (Å²) in [5.41, 5.74) is 15.6. The van der Waals surface area contributed by atoms with E-state index in [2.05, 4.69) is 103 Å². The third-order valence-electron chi connectivity index (χ3n) is 13.0. The SMILES string of the molecule is [2H]C([2H])([2H])[Si]1(C([2H])([2H])[2H])c2ccc(C)cc2Oc2c1cc(-n1c3ccccc3n3c4ccccc4nc13)c(C)c2-c1cc2c(cc1C(C)(C)C)-c1ccccc1-c1cccnc1-c1ccccc1-2. The number of ether oxygens (including phenoxy) is 1. The van der Waals surface area contributed by atoms with E-state index in [1.54, 1.807) is 18.2 Å². The Balaban J connectivity index is 1.30. The van der Waals surface area contributed by atoms with Gasteiger partial charge in [-0.2, -0.15) is 0 Å². The van der Waals surface area contributed by atoms with Gasteiger partial charge in [0.2, 0.25) is 5.78 Å². The highest BCUT2D eigenvalue weighted by molar-refractivity contribution is 7.01. The number of benzene rings is 7. The van der Waals surface area contributed by atoms with Crippen molar-refractivity contribution in [1.29, 1.82) is 0 Å². The van der Waals surface area contributed by atoms with Gasteiger partial charge in [0, 0.05) is 31.1 Å². The van der Waals surface area contributed by atoms with Crippen LogP contribution in [0.25, 0.3) is 89.3 Å². The second-order valence-corrected chi connectivity index (χ2v) is 20.4. The van der Waals surface area contributed by atoms with Gasteiger partial charge < -0.3 is 4.74 Å². The number of imidazole rings is 2. The van der Waals surface area contributed by atoms with E-state index in [1.165, 1.54) is 0 Å². The van der Waals surface area contributed by atoms with E-state index in [1.807, 2.05) is 73.8 Å². The van der Waals surface area contributed by atoms with E-state index >= 15 is 0 Å². The Morgan fingerprint density at radius 3 is 2.00 bits per heavy atom. The molecule has 0 N–H and O–H groups in total. The second-order valence-electron chi connectivity index (χ2n) is 17.9. The smallest absolute Gasteiger partial charge is 0.220 e. The maximum atomic E-state index is 9.53. The van der Waals surface area contributed by atoms with Gasteiger partial charge in [0.25, 0.3) is 0 Å². The summed E-state index contributed by atoms with van der Waals surface area (Å²) in [6, 6.07) is 48.7. The highest BCUT2D eigenvalue weighted by Gasteiger charge is 2.41. The molecular weight excluding hydrogens is 773 g/mol. The number of aromatic nitrogens is 4. The molecule has 62 heavy (non-hydrogen) atoms. The average Bonchev–Trinajstić information content (AvgIpc) is 3.83. The molecule has 3 aromatic heterocycles. The summed E-state index contributed by atoms with van der Waals surface area (Å²) < 4.78 is 68.6. The Bertz CT molecular complexity index is 3770. The number of fused-ring (bicyclic) bond motifs is 15. The van der Waals surface area contributed by atoms with E-state index in [4.69, 9.17) is 14.7 Å². The molecule has 0 saturated heterocycles. The van der Waals surface area contributed by atoms with Crippen molar-refractivity contribution in [2.24, 2.45) is 0 Å². The monoisotopic (exact) mass is 824 g/mol. The number of aryl methyl sites for hydroxylation is 1. The predicted octanol–water partition coefficient (Wildman–Crippen LogP) is 13.3. The first-order valence-corrected chi connectivity index (χ1v) is 23.2. The molecular formula is C56H46N4OSi. The lowest BCUT2D eigenvalue weighted by Gasteiger charge is -2.37. The van der Waals surface area contributed by atoms with Crippen LogP contribution in [0.2, 0.25) is 13.0 Å².